The number of ether oxygens (including phenoxy) is 1. The number of rotatable bonds is 6. The van der Waals surface area contributed by atoms with Crippen LogP contribution >= 0.6 is 11.3 Å². The first kappa shape index (κ1) is 27.1. The predicted molar refractivity (Wildman–Crippen MR) is 161 cm³/mol. The molecule has 2 saturated heterocycles. The van der Waals surface area contributed by atoms with Gasteiger partial charge in [-0.1, -0.05) is 30.0 Å². The zero-order valence-electron chi connectivity index (χ0n) is 23.1. The molecule has 2 aliphatic heterocycles. The van der Waals surface area contributed by atoms with E-state index in [0.29, 0.717) is 32.1 Å². The highest BCUT2D eigenvalue weighted by atomic mass is 32.1. The molecule has 0 bridgehead atoms. The molecule has 1 N–H and O–H groups in total. The van der Waals surface area contributed by atoms with Crippen molar-refractivity contribution >= 4 is 50.0 Å². The number of anilines is 1. The van der Waals surface area contributed by atoms with E-state index in [-0.39, 0.29) is 30.4 Å². The average Bonchev–Trinajstić information content (AvgIpc) is 3.66. The smallest absolute Gasteiger partial charge is 0.223 e. The molecule has 0 radical (unpaired) electrons. The number of thiophene rings is 1. The van der Waals surface area contributed by atoms with Gasteiger partial charge in [0.1, 0.15) is 0 Å². The summed E-state index contributed by atoms with van der Waals surface area (Å²) in [5.74, 6) is 8.73. The van der Waals surface area contributed by atoms with Crippen molar-refractivity contribution in [1.29, 1.82) is 0 Å². The molecule has 2 aliphatic rings. The Morgan fingerprint density at radius 3 is 2.78 bits per heavy atom. The number of piperidine rings is 1. The van der Waals surface area contributed by atoms with Crippen molar-refractivity contribution in [2.75, 3.05) is 44.3 Å². The van der Waals surface area contributed by atoms with Gasteiger partial charge in [-0.2, -0.15) is 5.10 Å². The molecule has 5 heterocycles. The summed E-state index contributed by atoms with van der Waals surface area (Å²) < 4.78 is 6.64. The minimum Gasteiger partial charge on any atom is -0.378 e. The molecule has 0 aliphatic carbocycles. The number of H-pyrrole nitrogens is 1. The lowest BCUT2D eigenvalue weighted by atomic mass is 9.97. The summed E-state index contributed by atoms with van der Waals surface area (Å²) in [4.78, 5) is 39.4. The van der Waals surface area contributed by atoms with Crippen LogP contribution in [0.3, 0.4) is 0 Å². The number of fused-ring (bicyclic) bond motifs is 2. The number of hydrogen-bond donors (Lipinski definition) is 1. The normalized spacial score (nSPS) is 16.4. The molecule has 0 saturated carbocycles. The van der Waals surface area contributed by atoms with Crippen molar-refractivity contribution in [2.45, 2.75) is 32.6 Å². The van der Waals surface area contributed by atoms with Crippen molar-refractivity contribution in [2.24, 2.45) is 5.92 Å². The number of allylic oxidation sites excluding steroid dienone is 2. The number of carbonyl (C=O) groups excluding carboxylic acids is 2. The summed E-state index contributed by atoms with van der Waals surface area (Å²) >= 11 is 1.63. The van der Waals surface area contributed by atoms with Crippen LogP contribution in [0.5, 0.6) is 0 Å². The van der Waals surface area contributed by atoms with Gasteiger partial charge < -0.3 is 14.5 Å². The molecule has 10 heteroatoms. The second kappa shape index (κ2) is 12.2. The fourth-order valence-corrected chi connectivity index (χ4v) is 6.33. The van der Waals surface area contributed by atoms with Gasteiger partial charge in [-0.3, -0.25) is 14.7 Å². The van der Waals surface area contributed by atoms with Gasteiger partial charge in [-0.05, 0) is 38.0 Å². The predicted octanol–water partition coefficient (Wildman–Crippen LogP) is 4.59. The number of nitrogens with one attached hydrogen (secondary N) is 1. The number of amides is 1. The lowest BCUT2D eigenvalue weighted by Gasteiger charge is -2.29. The number of nitrogens with zero attached hydrogens (tertiary/aromatic N) is 5. The first-order valence-electron chi connectivity index (χ1n) is 14.1. The van der Waals surface area contributed by atoms with E-state index < -0.39 is 0 Å². The zero-order valence-corrected chi connectivity index (χ0v) is 23.9. The van der Waals surface area contributed by atoms with Crippen molar-refractivity contribution in [1.82, 2.24) is 25.1 Å². The summed E-state index contributed by atoms with van der Waals surface area (Å²) in [5, 5.41) is 8.24. The van der Waals surface area contributed by atoms with E-state index in [2.05, 4.69) is 33.0 Å². The Morgan fingerprint density at radius 2 is 1.98 bits per heavy atom. The van der Waals surface area contributed by atoms with Gasteiger partial charge in [0.2, 0.25) is 5.91 Å². The zero-order chi connectivity index (χ0) is 28.2. The Labute approximate surface area is 242 Å². The number of carbonyl (C=O) groups is 2. The quantitative estimate of drug-likeness (QED) is 0.268. The monoisotopic (exact) mass is 568 g/mol. The van der Waals surface area contributed by atoms with Crippen molar-refractivity contribution in [3.8, 4) is 23.2 Å². The molecular formula is C31H32N6O3S. The van der Waals surface area contributed by atoms with Crippen LogP contribution in [0.4, 0.5) is 5.82 Å². The van der Waals surface area contributed by atoms with E-state index in [1.54, 1.807) is 24.3 Å². The van der Waals surface area contributed by atoms with E-state index >= 15 is 0 Å². The molecule has 0 spiro atoms. The molecule has 2 fully saturated rings. The SMILES string of the molecule is C/C=C/C(=O)CCC(=O)N1CCC(C#Cc2cc3nc(-c4cccc5[nH]ncc45)nc(N4CCOCC4)c3s2)CC1. The fraction of sp³-hybridized carbons (Fsp3) is 0.387. The van der Waals surface area contributed by atoms with Crippen LogP contribution < -0.4 is 4.90 Å². The minimum absolute atomic E-state index is 0.00272. The van der Waals surface area contributed by atoms with Crippen LogP contribution in [0, 0.1) is 17.8 Å². The van der Waals surface area contributed by atoms with Crippen molar-refractivity contribution < 1.29 is 14.3 Å². The van der Waals surface area contributed by atoms with Crippen molar-refractivity contribution in [3.63, 3.8) is 0 Å². The number of likely N-dealkylation sites (tertiary alicyclic amines) is 1. The van der Waals surface area contributed by atoms with Gasteiger partial charge in [0.05, 0.1) is 40.0 Å². The Morgan fingerprint density at radius 1 is 1.15 bits per heavy atom. The molecule has 41 heavy (non-hydrogen) atoms. The van der Waals surface area contributed by atoms with E-state index in [1.165, 1.54) is 6.08 Å². The third-order valence-electron chi connectivity index (χ3n) is 7.57. The Kier molecular flexibility index (Phi) is 8.07. The maximum absolute atomic E-state index is 12.5. The van der Waals surface area contributed by atoms with Crippen LogP contribution in [0.1, 0.15) is 37.5 Å². The molecule has 9 nitrogen and oxygen atoms in total. The highest BCUT2D eigenvalue weighted by Crippen LogP contribution is 2.35. The molecule has 0 unspecified atom stereocenters. The fourth-order valence-electron chi connectivity index (χ4n) is 5.35. The number of ketones is 1. The van der Waals surface area contributed by atoms with Crippen LogP contribution in [0.15, 0.2) is 42.6 Å². The number of benzene rings is 1. The summed E-state index contributed by atoms with van der Waals surface area (Å²) in [6, 6.07) is 8.09. The Hall–Kier alpha value is -4.07. The van der Waals surface area contributed by atoms with E-state index in [4.69, 9.17) is 14.7 Å². The summed E-state index contributed by atoms with van der Waals surface area (Å²) in [7, 11) is 0. The average molecular weight is 569 g/mol. The highest BCUT2D eigenvalue weighted by Gasteiger charge is 2.23. The standard InChI is InChI=1S/C31H32N6O3S/c1-2-4-22(38)8-10-28(39)36-13-11-21(12-14-36)7-9-23-19-27-29(41-23)31(37-15-17-40-18-16-37)34-30(33-27)24-5-3-6-26-25(24)20-32-35-26/h2-6,19-21H,8,10-18H2,1H3,(H,32,35)/b4-2+. The van der Waals surface area contributed by atoms with E-state index in [9.17, 15) is 9.59 Å². The minimum atomic E-state index is -0.00272. The lowest BCUT2D eigenvalue weighted by molar-refractivity contribution is -0.133. The third kappa shape index (κ3) is 6.01. The van der Waals surface area contributed by atoms with Gasteiger partial charge in [-0.15, -0.1) is 11.3 Å². The number of aromatic nitrogens is 4. The van der Waals surface area contributed by atoms with E-state index in [0.717, 1.165) is 63.3 Å². The van der Waals surface area contributed by atoms with E-state index in [1.807, 2.05) is 29.3 Å². The van der Waals surface area contributed by atoms with Gasteiger partial charge in [0, 0.05) is 55.9 Å². The maximum Gasteiger partial charge on any atom is 0.223 e. The third-order valence-corrected chi connectivity index (χ3v) is 8.61. The molecule has 4 aromatic rings. The van der Waals surface area contributed by atoms with Crippen LogP contribution in [0.25, 0.3) is 32.5 Å². The van der Waals surface area contributed by atoms with Crippen LogP contribution in [-0.4, -0.2) is 76.1 Å². The topological polar surface area (TPSA) is 104 Å². The summed E-state index contributed by atoms with van der Waals surface area (Å²) in [6.07, 6.45) is 7.27. The Bertz CT molecular complexity index is 1670. The highest BCUT2D eigenvalue weighted by molar-refractivity contribution is 7.20. The molecule has 1 amide bonds. The first-order chi connectivity index (χ1) is 20.1. The second-order valence-corrected chi connectivity index (χ2v) is 11.4. The van der Waals surface area contributed by atoms with Crippen LogP contribution in [-0.2, 0) is 14.3 Å². The summed E-state index contributed by atoms with van der Waals surface area (Å²) in [5.41, 5.74) is 2.78. The van der Waals surface area contributed by atoms with Crippen molar-refractivity contribution in [3.05, 3.63) is 47.5 Å². The number of morpholine rings is 1. The second-order valence-electron chi connectivity index (χ2n) is 10.3. The maximum atomic E-state index is 12.5. The molecule has 1 aromatic carbocycles. The van der Waals surface area contributed by atoms with Crippen LogP contribution in [0.2, 0.25) is 0 Å². The first-order valence-corrected chi connectivity index (χ1v) is 14.9. The van der Waals surface area contributed by atoms with Gasteiger partial charge >= 0.3 is 0 Å². The van der Waals surface area contributed by atoms with Gasteiger partial charge in [0.25, 0.3) is 0 Å². The van der Waals surface area contributed by atoms with Gasteiger partial charge in [0.15, 0.2) is 17.4 Å². The largest absolute Gasteiger partial charge is 0.378 e. The number of hydrogen-bond acceptors (Lipinski definition) is 8. The van der Waals surface area contributed by atoms with Gasteiger partial charge in [-0.25, -0.2) is 9.97 Å². The molecular weight excluding hydrogens is 536 g/mol. The number of aromatic amines is 1. The molecule has 0 atom stereocenters. The summed E-state index contributed by atoms with van der Waals surface area (Å²) in [6.45, 7) is 6.06. The molecule has 6 rings (SSSR count). The molecule has 3 aromatic heterocycles. The Balaban J connectivity index is 1.21. The lowest BCUT2D eigenvalue weighted by Crippen LogP contribution is -2.38. The molecule has 210 valence electrons.